The van der Waals surface area contributed by atoms with E-state index in [2.05, 4.69) is 0 Å². The Morgan fingerprint density at radius 3 is 0.736 bits per heavy atom. The highest BCUT2D eigenvalue weighted by Gasteiger charge is 2.47. The monoisotopic (exact) mass is 1060 g/mol. The van der Waals surface area contributed by atoms with E-state index >= 15 is 0 Å². The number of halogens is 24. The van der Waals surface area contributed by atoms with Gasteiger partial charge in [0.15, 0.2) is 12.4 Å². The predicted octanol–water partition coefficient (Wildman–Crippen LogP) is 13.1. The van der Waals surface area contributed by atoms with E-state index in [1.54, 1.807) is 0 Å². The van der Waals surface area contributed by atoms with Crippen molar-refractivity contribution in [1.29, 1.82) is 0 Å². The number of hydrogen-bond acceptors (Lipinski definition) is 1. The highest BCUT2D eigenvalue weighted by molar-refractivity contribution is 7.20. The Bertz CT molecular complexity index is 2450. The third-order valence-corrected chi connectivity index (χ3v) is 10.6. The van der Waals surface area contributed by atoms with Crippen LogP contribution < -0.4 is 26.4 Å². The third kappa shape index (κ3) is 13.0. The van der Waals surface area contributed by atoms with Gasteiger partial charge < -0.3 is 0 Å². The van der Waals surface area contributed by atoms with E-state index in [0.29, 0.717) is 6.54 Å². The second-order valence-electron chi connectivity index (χ2n) is 15.6. The van der Waals surface area contributed by atoms with Crippen LogP contribution in [-0.4, -0.2) is 11.9 Å². The molecular weight excluding hydrogens is 1040 g/mol. The minimum atomic E-state index is -6.13. The zero-order valence-corrected chi connectivity index (χ0v) is 34.9. The van der Waals surface area contributed by atoms with Gasteiger partial charge in [-0.1, -0.05) is 84.9 Å². The molecule has 0 amide bonds. The van der Waals surface area contributed by atoms with Crippen LogP contribution >= 0.6 is 0 Å². The van der Waals surface area contributed by atoms with E-state index in [9.17, 15) is 110 Å². The van der Waals surface area contributed by atoms with E-state index in [0.717, 1.165) is 5.56 Å². The molecule has 6 rings (SSSR count). The van der Waals surface area contributed by atoms with Gasteiger partial charge in [-0.15, -0.1) is 0 Å². The van der Waals surface area contributed by atoms with Gasteiger partial charge in [-0.25, -0.2) is 0 Å². The number of hydrogen-bond donors (Lipinski definition) is 0. The molecule has 0 atom stereocenters. The molecule has 0 spiro atoms. The first kappa shape index (κ1) is 56.2. The first-order chi connectivity index (χ1) is 32.6. The fourth-order valence-electron chi connectivity index (χ4n) is 7.49. The van der Waals surface area contributed by atoms with Crippen molar-refractivity contribution in [3.63, 3.8) is 0 Å². The summed E-state index contributed by atoms with van der Waals surface area (Å²) in [5.41, 5.74) is -29.4. The average Bonchev–Trinajstić information content (AvgIpc) is 3.25. The van der Waals surface area contributed by atoms with Gasteiger partial charge in [0.05, 0.1) is 44.5 Å². The number of carbonyl (C=O) groups excluding carboxylic acids is 1. The van der Waals surface area contributed by atoms with Crippen molar-refractivity contribution >= 4 is 33.8 Å². The van der Waals surface area contributed by atoms with Gasteiger partial charge in [0.2, 0.25) is 12.3 Å². The smallest absolute Gasteiger partial charge is 0.287 e. The van der Waals surface area contributed by atoms with Crippen LogP contribution in [0.3, 0.4) is 0 Å². The van der Waals surface area contributed by atoms with Gasteiger partial charge in [-0.2, -0.15) is 132 Å². The molecule has 386 valence electrons. The maximum atomic E-state index is 14.2. The van der Waals surface area contributed by atoms with Crippen molar-refractivity contribution in [1.82, 2.24) is 0 Å². The zero-order valence-electron chi connectivity index (χ0n) is 34.9. The average molecular weight is 1060 g/mol. The van der Waals surface area contributed by atoms with Gasteiger partial charge in [0.1, 0.15) is 6.15 Å². The Labute approximate surface area is 388 Å². The number of rotatable bonds is 7. The normalized spacial score (nSPS) is 13.4. The van der Waals surface area contributed by atoms with Crippen LogP contribution in [0.5, 0.6) is 0 Å². The number of benzene rings is 5. The van der Waals surface area contributed by atoms with Gasteiger partial charge >= 0.3 is 49.4 Å². The highest BCUT2D eigenvalue weighted by atomic mass is 19.4. The molecule has 0 aliphatic heterocycles. The van der Waals surface area contributed by atoms with Crippen LogP contribution in [-0.2, 0) is 56.0 Å². The van der Waals surface area contributed by atoms with Crippen LogP contribution in [0.25, 0.3) is 0 Å². The van der Waals surface area contributed by atoms with Gasteiger partial charge in [0.25, 0.3) is 0 Å². The number of Topliss-reactive ketones (excluding diaryl/α,β-unsaturated/α-hetero) is 1. The molecule has 6 aromatic rings. The van der Waals surface area contributed by atoms with E-state index in [-0.39, 0.29) is 5.78 Å². The molecule has 0 bridgehead atoms. The quantitative estimate of drug-likeness (QED) is 0.0675. The summed E-state index contributed by atoms with van der Waals surface area (Å²) in [7, 11) is 0. The number of nitrogens with zero attached hydrogens (tertiary/aromatic N) is 1. The topological polar surface area (TPSA) is 20.9 Å². The van der Waals surface area contributed by atoms with E-state index < -0.39 is 195 Å². The van der Waals surface area contributed by atoms with Crippen LogP contribution in [0.1, 0.15) is 54.9 Å². The van der Waals surface area contributed by atoms with Crippen LogP contribution in [0.4, 0.5) is 105 Å². The summed E-state index contributed by atoms with van der Waals surface area (Å²) in [6.45, 7) is 0.394. The molecule has 0 radical (unpaired) electrons. The Morgan fingerprint density at radius 1 is 0.319 bits per heavy atom. The highest BCUT2D eigenvalue weighted by Crippen LogP contribution is 2.41. The van der Waals surface area contributed by atoms with Gasteiger partial charge in [0, 0.05) is 17.7 Å². The Balaban J connectivity index is 0.000000542. The molecule has 0 unspecified atom stereocenters. The number of aromatic nitrogens is 1. The molecule has 1 aromatic heterocycles. The molecule has 0 aliphatic carbocycles. The minimum Gasteiger partial charge on any atom is -0.287 e. The Morgan fingerprint density at radius 2 is 0.528 bits per heavy atom. The van der Waals surface area contributed by atoms with Crippen molar-refractivity contribution in [3.8, 4) is 0 Å². The SMILES string of the molecule is FC(F)(F)c1cc([B-](c2cc(C(F)(F)F)cc(C(F)(F)F)c2)(c2cc(C(F)(F)F)cc(C(F)(F)F)c2)c2cc(C(F)(F)F)cc(C(F)(F)F)c2)cc(C(F)(F)F)c1.O=C(C[n+]1ccccc1)c1ccccc1. The van der Waals surface area contributed by atoms with E-state index in [1.807, 2.05) is 65.5 Å². The number of alkyl halides is 24. The summed E-state index contributed by atoms with van der Waals surface area (Å²) in [6, 6.07) is 6.30. The lowest BCUT2D eigenvalue weighted by Gasteiger charge is -2.46. The summed E-state index contributed by atoms with van der Waals surface area (Å²) in [5.74, 6) is 0.131. The standard InChI is InChI=1S/C32H12BF24.C13H12NO/c34-25(35,36)13-1-14(26(37,38)39)6-21(5-13)33(22-7-15(27(40,41)42)2-16(8-22)28(43,44)45,23-9-17(29(46,47)48)3-18(10-23)30(49,50)51)24-11-19(31(52,53)54)4-20(12-24)32(55,56)57;15-13(12-7-3-1-4-8-12)11-14-9-5-2-6-10-14/h1-12H;1-10H,11H2/q-1;+1. The fourth-order valence-corrected chi connectivity index (χ4v) is 7.49. The second-order valence-corrected chi connectivity index (χ2v) is 15.6. The molecule has 0 fully saturated rings. The first-order valence-electron chi connectivity index (χ1n) is 19.5. The van der Waals surface area contributed by atoms with E-state index in [1.165, 1.54) is 0 Å². The molecule has 0 saturated heterocycles. The first-order valence-corrected chi connectivity index (χ1v) is 19.5. The third-order valence-electron chi connectivity index (χ3n) is 10.6. The molecule has 27 heteroatoms. The predicted molar refractivity (Wildman–Crippen MR) is 207 cm³/mol. The summed E-state index contributed by atoms with van der Waals surface area (Å²) < 4.78 is 343. The summed E-state index contributed by atoms with van der Waals surface area (Å²) in [6.07, 6.45) is -51.0. The lowest BCUT2D eigenvalue weighted by Crippen LogP contribution is -2.75. The zero-order chi connectivity index (χ0) is 54.4. The molecular formula is C45H24BF24NO. The summed E-state index contributed by atoms with van der Waals surface area (Å²) in [4.78, 5) is 11.8. The van der Waals surface area contributed by atoms with Crippen LogP contribution in [0.15, 0.2) is 134 Å². The number of ketones is 1. The molecule has 0 aliphatic rings. The van der Waals surface area contributed by atoms with Crippen molar-refractivity contribution in [2.24, 2.45) is 0 Å². The van der Waals surface area contributed by atoms with E-state index in [4.69, 9.17) is 0 Å². The molecule has 2 nitrogen and oxygen atoms in total. The Hall–Kier alpha value is -6.70. The molecule has 5 aromatic carbocycles. The van der Waals surface area contributed by atoms with Crippen molar-refractivity contribution in [3.05, 3.63) is 184 Å². The lowest BCUT2D eigenvalue weighted by atomic mass is 9.12. The van der Waals surface area contributed by atoms with Crippen molar-refractivity contribution < 1.29 is 115 Å². The lowest BCUT2D eigenvalue weighted by molar-refractivity contribution is -0.683. The van der Waals surface area contributed by atoms with Crippen LogP contribution in [0.2, 0.25) is 0 Å². The maximum Gasteiger partial charge on any atom is 0.416 e. The maximum absolute atomic E-state index is 14.2. The fraction of sp³-hybridized carbons (Fsp3) is 0.200. The number of pyridine rings is 1. The minimum absolute atomic E-state index is 0.131. The van der Waals surface area contributed by atoms with Crippen molar-refractivity contribution in [2.45, 2.75) is 56.0 Å². The molecule has 0 N–H and O–H groups in total. The summed E-state index contributed by atoms with van der Waals surface area (Å²) >= 11 is 0. The van der Waals surface area contributed by atoms with Crippen molar-refractivity contribution in [2.75, 3.05) is 0 Å². The molecule has 1 heterocycles. The number of carbonyl (C=O) groups is 1. The molecule has 72 heavy (non-hydrogen) atoms. The summed E-state index contributed by atoms with van der Waals surface area (Å²) in [5, 5.41) is 0. The van der Waals surface area contributed by atoms with Gasteiger partial charge in [-0.05, 0) is 24.3 Å². The molecule has 0 saturated carbocycles. The largest absolute Gasteiger partial charge is 0.416 e. The van der Waals surface area contributed by atoms with Gasteiger partial charge in [-0.3, -0.25) is 4.79 Å². The van der Waals surface area contributed by atoms with Crippen LogP contribution in [0, 0.1) is 0 Å². The second kappa shape index (κ2) is 19.4. The Kier molecular flexibility index (Phi) is 15.1.